The van der Waals surface area contributed by atoms with Crippen LogP contribution in [-0.2, 0) is 10.0 Å². The van der Waals surface area contributed by atoms with Gasteiger partial charge in [-0.3, -0.25) is 14.8 Å². The van der Waals surface area contributed by atoms with Crippen LogP contribution in [0.5, 0.6) is 0 Å². The van der Waals surface area contributed by atoms with Gasteiger partial charge in [0, 0.05) is 21.8 Å². The van der Waals surface area contributed by atoms with E-state index in [1.807, 2.05) is 0 Å². The van der Waals surface area contributed by atoms with E-state index in [0.717, 1.165) is 5.56 Å². The predicted octanol–water partition coefficient (Wildman–Crippen LogP) is 5.57. The smallest absolute Gasteiger partial charge is 0.263 e. The maximum absolute atomic E-state index is 12.8. The molecule has 0 aliphatic heterocycles. The zero-order chi connectivity index (χ0) is 22.7. The maximum Gasteiger partial charge on any atom is 0.263 e. The van der Waals surface area contributed by atoms with Crippen LogP contribution in [0, 0.1) is 0 Å². The Kier molecular flexibility index (Phi) is 6.43. The lowest BCUT2D eigenvalue weighted by Gasteiger charge is -2.11. The van der Waals surface area contributed by atoms with Crippen molar-refractivity contribution in [1.29, 1.82) is 0 Å². The zero-order valence-electron chi connectivity index (χ0n) is 16.1. The van der Waals surface area contributed by atoms with Crippen molar-refractivity contribution < 1.29 is 13.2 Å². The Bertz CT molecular complexity index is 1380. The van der Waals surface area contributed by atoms with Gasteiger partial charge in [-0.05, 0) is 42.5 Å². The van der Waals surface area contributed by atoms with Gasteiger partial charge in [-0.15, -0.1) is 10.2 Å². The van der Waals surface area contributed by atoms with Gasteiger partial charge in [0.1, 0.15) is 9.90 Å². The normalized spacial score (nSPS) is 11.2. The molecule has 4 rings (SSSR count). The van der Waals surface area contributed by atoms with E-state index < -0.39 is 15.9 Å². The maximum atomic E-state index is 12.8. The number of carbonyl (C=O) groups excluding carboxylic acids is 1. The average Bonchev–Trinajstić information content (AvgIpc) is 3.23. The fraction of sp³-hybridized carbons (Fsp3) is 0. The van der Waals surface area contributed by atoms with Gasteiger partial charge in [-0.2, -0.15) is 0 Å². The average molecular weight is 505 g/mol. The van der Waals surface area contributed by atoms with Gasteiger partial charge in [0.2, 0.25) is 5.13 Å². The first-order valence-corrected chi connectivity index (χ1v) is 12.2. The summed E-state index contributed by atoms with van der Waals surface area (Å²) in [5.74, 6) is -0.545. The van der Waals surface area contributed by atoms with Crippen LogP contribution in [0.2, 0.25) is 10.0 Å². The summed E-state index contributed by atoms with van der Waals surface area (Å²) in [5, 5.41) is 12.1. The Morgan fingerprint density at radius 3 is 2.34 bits per heavy atom. The van der Waals surface area contributed by atoms with Crippen LogP contribution < -0.4 is 10.0 Å². The lowest BCUT2D eigenvalue weighted by atomic mass is 10.2. The monoisotopic (exact) mass is 504 g/mol. The van der Waals surface area contributed by atoms with Crippen LogP contribution in [0.1, 0.15) is 10.4 Å². The van der Waals surface area contributed by atoms with E-state index in [9.17, 15) is 13.2 Å². The molecule has 1 amide bonds. The number of para-hydroxylation sites is 1. The van der Waals surface area contributed by atoms with Crippen LogP contribution in [0.25, 0.3) is 10.6 Å². The van der Waals surface area contributed by atoms with Gasteiger partial charge >= 0.3 is 0 Å². The minimum absolute atomic E-state index is 0.00841. The second-order valence-corrected chi connectivity index (χ2v) is 9.96. The molecule has 7 nitrogen and oxygen atoms in total. The summed E-state index contributed by atoms with van der Waals surface area (Å²) < 4.78 is 28.0. The first-order valence-electron chi connectivity index (χ1n) is 9.10. The Hall–Kier alpha value is -2.98. The van der Waals surface area contributed by atoms with E-state index >= 15 is 0 Å². The summed E-state index contributed by atoms with van der Waals surface area (Å²) in [5.41, 5.74) is 1.28. The van der Waals surface area contributed by atoms with Crippen molar-refractivity contribution in [1.82, 2.24) is 10.2 Å². The number of amides is 1. The second-order valence-electron chi connectivity index (χ2n) is 6.49. The first-order chi connectivity index (χ1) is 15.3. The number of halogens is 2. The molecule has 2 N–H and O–H groups in total. The lowest BCUT2D eigenvalue weighted by molar-refractivity contribution is 0.102. The number of aromatic nitrogens is 2. The van der Waals surface area contributed by atoms with E-state index in [1.54, 1.807) is 54.6 Å². The molecule has 32 heavy (non-hydrogen) atoms. The summed E-state index contributed by atoms with van der Waals surface area (Å²) in [4.78, 5) is 12.5. The van der Waals surface area contributed by atoms with Crippen LogP contribution in [0.4, 0.5) is 10.8 Å². The fourth-order valence-electron chi connectivity index (χ4n) is 2.72. The van der Waals surface area contributed by atoms with E-state index in [2.05, 4.69) is 20.2 Å². The van der Waals surface area contributed by atoms with Gasteiger partial charge in [0.25, 0.3) is 15.9 Å². The van der Waals surface area contributed by atoms with Crippen LogP contribution in [0.3, 0.4) is 0 Å². The summed E-state index contributed by atoms with van der Waals surface area (Å²) in [7, 11) is -4.01. The van der Waals surface area contributed by atoms with Gasteiger partial charge in [0.15, 0.2) is 0 Å². The molecular formula is C21H14Cl2N4O3S2. The van der Waals surface area contributed by atoms with Crippen molar-refractivity contribution in [3.8, 4) is 10.6 Å². The zero-order valence-corrected chi connectivity index (χ0v) is 19.3. The highest BCUT2D eigenvalue weighted by atomic mass is 35.5. The molecule has 0 radical (unpaired) electrons. The van der Waals surface area contributed by atoms with Crippen LogP contribution in [-0.4, -0.2) is 24.5 Å². The molecule has 0 saturated carbocycles. The van der Waals surface area contributed by atoms with Gasteiger partial charge in [0.05, 0.1) is 5.02 Å². The van der Waals surface area contributed by atoms with Gasteiger partial charge in [-0.1, -0.05) is 64.9 Å². The molecule has 0 unspecified atom stereocenters. The minimum atomic E-state index is -4.01. The Balaban J connectivity index is 1.54. The molecule has 1 heterocycles. The standard InChI is InChI=1S/C21H14Cl2N4O3S2/c22-15-9-6-13(7-10-15)20-25-26-21(31-20)24-19(28)14-8-11-17(23)18(12-14)32(29,30)27-16-4-2-1-3-5-16/h1-12,27H,(H,24,26,28). The van der Waals surface area contributed by atoms with Crippen molar-refractivity contribution in [3.05, 3.63) is 88.4 Å². The highest BCUT2D eigenvalue weighted by molar-refractivity contribution is 7.92. The number of nitrogens with one attached hydrogen (secondary N) is 2. The third-order valence-electron chi connectivity index (χ3n) is 4.25. The van der Waals surface area contributed by atoms with Crippen molar-refractivity contribution >= 4 is 61.3 Å². The SMILES string of the molecule is O=C(Nc1nnc(-c2ccc(Cl)cc2)s1)c1ccc(Cl)c(S(=O)(=O)Nc2ccccc2)c1. The molecule has 0 saturated heterocycles. The molecule has 3 aromatic carbocycles. The van der Waals surface area contributed by atoms with Crippen molar-refractivity contribution in [2.75, 3.05) is 10.0 Å². The largest absolute Gasteiger partial charge is 0.296 e. The number of anilines is 2. The Morgan fingerprint density at radius 2 is 1.62 bits per heavy atom. The molecule has 11 heteroatoms. The number of carbonyl (C=O) groups is 1. The van der Waals surface area contributed by atoms with Crippen molar-refractivity contribution in [3.63, 3.8) is 0 Å². The summed E-state index contributed by atoms with van der Waals surface area (Å²) in [6, 6.07) is 19.4. The second kappa shape index (κ2) is 9.25. The van der Waals surface area contributed by atoms with Crippen molar-refractivity contribution in [2.24, 2.45) is 0 Å². The van der Waals surface area contributed by atoms with E-state index in [4.69, 9.17) is 23.2 Å². The van der Waals surface area contributed by atoms with Crippen molar-refractivity contribution in [2.45, 2.75) is 4.90 Å². The van der Waals surface area contributed by atoms with E-state index in [0.29, 0.717) is 15.7 Å². The number of rotatable bonds is 6. The highest BCUT2D eigenvalue weighted by Gasteiger charge is 2.21. The predicted molar refractivity (Wildman–Crippen MR) is 127 cm³/mol. The van der Waals surface area contributed by atoms with Crippen LogP contribution in [0.15, 0.2) is 77.7 Å². The number of hydrogen-bond donors (Lipinski definition) is 2. The van der Waals surface area contributed by atoms with Gasteiger partial charge < -0.3 is 0 Å². The number of sulfonamides is 1. The summed E-state index contributed by atoms with van der Waals surface area (Å²) in [6.45, 7) is 0. The molecule has 0 bridgehead atoms. The topological polar surface area (TPSA) is 101 Å². The molecule has 0 aliphatic carbocycles. The third kappa shape index (κ3) is 5.08. The Labute approximate surface area is 198 Å². The minimum Gasteiger partial charge on any atom is -0.296 e. The van der Waals surface area contributed by atoms with E-state index in [1.165, 1.54) is 29.5 Å². The van der Waals surface area contributed by atoms with Gasteiger partial charge in [-0.25, -0.2) is 8.42 Å². The molecule has 1 aromatic heterocycles. The molecule has 162 valence electrons. The molecular weight excluding hydrogens is 491 g/mol. The summed E-state index contributed by atoms with van der Waals surface area (Å²) >= 11 is 13.2. The number of nitrogens with zero attached hydrogens (tertiary/aromatic N) is 2. The number of hydrogen-bond acceptors (Lipinski definition) is 6. The molecule has 0 spiro atoms. The quantitative estimate of drug-likeness (QED) is 0.357. The fourth-order valence-corrected chi connectivity index (χ4v) is 5.17. The highest BCUT2D eigenvalue weighted by Crippen LogP contribution is 2.29. The van der Waals surface area contributed by atoms with Crippen LogP contribution >= 0.6 is 34.5 Å². The summed E-state index contributed by atoms with van der Waals surface area (Å²) in [6.07, 6.45) is 0. The number of benzene rings is 3. The first kappa shape index (κ1) is 22.2. The van der Waals surface area contributed by atoms with E-state index in [-0.39, 0.29) is 20.6 Å². The molecule has 0 fully saturated rings. The Morgan fingerprint density at radius 1 is 0.906 bits per heavy atom. The third-order valence-corrected chi connectivity index (χ3v) is 7.25. The molecule has 0 aliphatic rings. The molecule has 4 aromatic rings. The molecule has 0 atom stereocenters. The lowest BCUT2D eigenvalue weighted by Crippen LogP contribution is -2.16.